The van der Waals surface area contributed by atoms with Crippen LogP contribution in [-0.4, -0.2) is 44.9 Å². The number of nitrogens with two attached hydrogens (primary N) is 1. The summed E-state index contributed by atoms with van der Waals surface area (Å²) in [5.41, 5.74) is 7.03. The lowest BCUT2D eigenvalue weighted by Gasteiger charge is -2.32. The fourth-order valence-electron chi connectivity index (χ4n) is 3.70. The van der Waals surface area contributed by atoms with Crippen LogP contribution in [0.3, 0.4) is 0 Å². The topological polar surface area (TPSA) is 97.8 Å². The summed E-state index contributed by atoms with van der Waals surface area (Å²) in [7, 11) is 3.93. The second-order valence-electron chi connectivity index (χ2n) is 7.65. The molecule has 2 aromatic heterocycles. The van der Waals surface area contributed by atoms with E-state index in [4.69, 9.17) is 10.7 Å². The van der Waals surface area contributed by atoms with E-state index < -0.39 is 0 Å². The van der Waals surface area contributed by atoms with Gasteiger partial charge in [0, 0.05) is 45.1 Å². The Kier molecular flexibility index (Phi) is 4.76. The molecule has 8 nitrogen and oxygen atoms in total. The molecule has 0 atom stereocenters. The third-order valence-corrected chi connectivity index (χ3v) is 5.34. The minimum absolute atomic E-state index is 0.306. The van der Waals surface area contributed by atoms with E-state index in [2.05, 4.69) is 31.1 Å². The van der Waals surface area contributed by atoms with E-state index in [1.807, 2.05) is 19.0 Å². The predicted molar refractivity (Wildman–Crippen MR) is 101 cm³/mol. The van der Waals surface area contributed by atoms with Gasteiger partial charge in [-0.05, 0) is 25.7 Å². The van der Waals surface area contributed by atoms with Crippen molar-refractivity contribution in [1.82, 2.24) is 24.7 Å². The number of hydrogen-bond donors (Lipinski definition) is 2. The van der Waals surface area contributed by atoms with Crippen LogP contribution >= 0.6 is 0 Å². The van der Waals surface area contributed by atoms with Crippen LogP contribution in [0.1, 0.15) is 55.4 Å². The number of aromatic nitrogens is 5. The van der Waals surface area contributed by atoms with Gasteiger partial charge in [0.2, 0.25) is 5.95 Å². The van der Waals surface area contributed by atoms with Gasteiger partial charge in [-0.1, -0.05) is 6.42 Å². The molecule has 3 heterocycles. The lowest BCUT2D eigenvalue weighted by Crippen LogP contribution is -2.35. The molecule has 1 aliphatic heterocycles. The monoisotopic (exact) mass is 356 g/mol. The van der Waals surface area contributed by atoms with E-state index in [0.29, 0.717) is 18.5 Å². The molecule has 0 bridgehead atoms. The van der Waals surface area contributed by atoms with Crippen molar-refractivity contribution < 1.29 is 0 Å². The zero-order chi connectivity index (χ0) is 18.1. The predicted octanol–water partition coefficient (Wildman–Crippen LogP) is 1.68. The average Bonchev–Trinajstić information content (AvgIpc) is 2.83. The summed E-state index contributed by atoms with van der Waals surface area (Å²) in [5, 5.41) is 12.2. The Bertz CT molecular complexity index is 763. The molecule has 4 rings (SSSR count). The van der Waals surface area contributed by atoms with E-state index in [9.17, 15) is 0 Å². The molecular weight excluding hydrogens is 328 g/mol. The number of rotatable bonds is 5. The largest absolute Gasteiger partial charge is 0.363 e. The molecule has 0 radical (unpaired) electrons. The first-order valence-corrected chi connectivity index (χ1v) is 9.57. The van der Waals surface area contributed by atoms with Gasteiger partial charge < -0.3 is 20.5 Å². The molecule has 26 heavy (non-hydrogen) atoms. The molecule has 140 valence electrons. The van der Waals surface area contributed by atoms with Gasteiger partial charge in [0.1, 0.15) is 11.6 Å². The maximum atomic E-state index is 5.96. The van der Waals surface area contributed by atoms with E-state index in [-0.39, 0.29) is 0 Å². The summed E-state index contributed by atoms with van der Waals surface area (Å²) < 4.78 is 2.26. The van der Waals surface area contributed by atoms with Crippen molar-refractivity contribution in [3.8, 4) is 0 Å². The van der Waals surface area contributed by atoms with Crippen LogP contribution in [-0.2, 0) is 19.5 Å². The van der Waals surface area contributed by atoms with Gasteiger partial charge in [0.25, 0.3) is 0 Å². The first-order chi connectivity index (χ1) is 12.6. The molecule has 1 saturated carbocycles. The summed E-state index contributed by atoms with van der Waals surface area (Å²) >= 11 is 0. The van der Waals surface area contributed by atoms with E-state index in [0.717, 1.165) is 54.9 Å². The molecule has 0 unspecified atom stereocenters. The molecule has 8 heteroatoms. The van der Waals surface area contributed by atoms with Gasteiger partial charge >= 0.3 is 0 Å². The second kappa shape index (κ2) is 7.19. The molecule has 2 aliphatic rings. The quantitative estimate of drug-likeness (QED) is 0.841. The molecule has 0 saturated heterocycles. The summed E-state index contributed by atoms with van der Waals surface area (Å²) in [6.45, 7) is 1.64. The fraction of sp³-hybridized carbons (Fsp3) is 0.667. The van der Waals surface area contributed by atoms with Gasteiger partial charge in [-0.15, -0.1) is 10.2 Å². The van der Waals surface area contributed by atoms with Crippen LogP contribution in [0, 0.1) is 0 Å². The van der Waals surface area contributed by atoms with Crippen molar-refractivity contribution in [1.29, 1.82) is 0 Å². The minimum Gasteiger partial charge on any atom is -0.363 e. The SMILES string of the molecule is CN(C)c1nc(NCc2nnc3n2CCCCC3)cc(C2CC(N)C2)n1. The lowest BCUT2D eigenvalue weighted by molar-refractivity contribution is 0.345. The van der Waals surface area contributed by atoms with E-state index >= 15 is 0 Å². The highest BCUT2D eigenvalue weighted by atomic mass is 15.3. The van der Waals surface area contributed by atoms with Gasteiger partial charge in [0.05, 0.1) is 12.2 Å². The van der Waals surface area contributed by atoms with Crippen molar-refractivity contribution in [3.63, 3.8) is 0 Å². The van der Waals surface area contributed by atoms with Crippen molar-refractivity contribution in [2.75, 3.05) is 24.3 Å². The Labute approximate surface area is 154 Å². The van der Waals surface area contributed by atoms with Crippen LogP contribution in [0.2, 0.25) is 0 Å². The smallest absolute Gasteiger partial charge is 0.227 e. The van der Waals surface area contributed by atoms with Gasteiger partial charge in [0.15, 0.2) is 5.82 Å². The molecule has 3 N–H and O–H groups in total. The van der Waals surface area contributed by atoms with Crippen LogP contribution < -0.4 is 16.0 Å². The lowest BCUT2D eigenvalue weighted by atomic mass is 9.78. The standard InChI is InChI=1S/C18H28N8/c1-25(2)18-21-14(12-8-13(19)9-12)10-15(22-18)20-11-17-24-23-16-6-4-3-5-7-26(16)17/h10,12-13H,3-9,11,19H2,1-2H3,(H,20,21,22). The summed E-state index contributed by atoms with van der Waals surface area (Å²) in [6.07, 6.45) is 6.69. The Morgan fingerprint density at radius 3 is 2.81 bits per heavy atom. The Morgan fingerprint density at radius 2 is 2.04 bits per heavy atom. The highest BCUT2D eigenvalue weighted by Crippen LogP contribution is 2.35. The number of hydrogen-bond acceptors (Lipinski definition) is 7. The van der Waals surface area contributed by atoms with Crippen LogP contribution in [0.25, 0.3) is 0 Å². The van der Waals surface area contributed by atoms with Crippen molar-refractivity contribution in [3.05, 3.63) is 23.4 Å². The third-order valence-electron chi connectivity index (χ3n) is 5.34. The third kappa shape index (κ3) is 3.51. The number of aryl methyl sites for hydroxylation is 1. The number of nitrogens with one attached hydrogen (secondary N) is 1. The molecule has 1 fully saturated rings. The Hall–Kier alpha value is -2.22. The summed E-state index contributed by atoms with van der Waals surface area (Å²) in [6, 6.07) is 2.36. The van der Waals surface area contributed by atoms with Crippen LogP contribution in [0.15, 0.2) is 6.07 Å². The van der Waals surface area contributed by atoms with Gasteiger partial charge in [-0.25, -0.2) is 4.98 Å². The van der Waals surface area contributed by atoms with Gasteiger partial charge in [-0.2, -0.15) is 4.98 Å². The van der Waals surface area contributed by atoms with E-state index in [1.165, 1.54) is 19.3 Å². The van der Waals surface area contributed by atoms with Crippen molar-refractivity contribution in [2.45, 2.75) is 63.6 Å². The summed E-state index contributed by atoms with van der Waals surface area (Å²) in [4.78, 5) is 11.3. The average molecular weight is 356 g/mol. The fourth-order valence-corrected chi connectivity index (χ4v) is 3.70. The zero-order valence-electron chi connectivity index (χ0n) is 15.6. The maximum Gasteiger partial charge on any atom is 0.227 e. The minimum atomic E-state index is 0.306. The number of anilines is 2. The molecule has 0 spiro atoms. The Balaban J connectivity index is 1.51. The highest BCUT2D eigenvalue weighted by Gasteiger charge is 2.29. The maximum absolute atomic E-state index is 5.96. The molecular formula is C18H28N8. The molecule has 0 aromatic carbocycles. The normalized spacial score (nSPS) is 22.3. The van der Waals surface area contributed by atoms with Crippen LogP contribution in [0.4, 0.5) is 11.8 Å². The van der Waals surface area contributed by atoms with Crippen LogP contribution in [0.5, 0.6) is 0 Å². The van der Waals surface area contributed by atoms with Crippen molar-refractivity contribution >= 4 is 11.8 Å². The second-order valence-corrected chi connectivity index (χ2v) is 7.65. The Morgan fingerprint density at radius 1 is 1.19 bits per heavy atom. The first-order valence-electron chi connectivity index (χ1n) is 9.57. The highest BCUT2D eigenvalue weighted by molar-refractivity contribution is 5.44. The number of nitrogens with zero attached hydrogens (tertiary/aromatic N) is 6. The van der Waals surface area contributed by atoms with Crippen molar-refractivity contribution in [2.24, 2.45) is 5.73 Å². The summed E-state index contributed by atoms with van der Waals surface area (Å²) in [5.74, 6) is 4.10. The number of fused-ring (bicyclic) bond motifs is 1. The zero-order valence-corrected chi connectivity index (χ0v) is 15.6. The first kappa shape index (κ1) is 17.2. The van der Waals surface area contributed by atoms with E-state index in [1.54, 1.807) is 0 Å². The van der Waals surface area contributed by atoms with Gasteiger partial charge in [-0.3, -0.25) is 0 Å². The molecule has 0 amide bonds. The molecule has 1 aliphatic carbocycles. The molecule has 2 aromatic rings.